The smallest absolute Gasteiger partial charge is 0.241 e. The molecular formula is C22H20N4O2S. The van der Waals surface area contributed by atoms with Crippen LogP contribution in [0.1, 0.15) is 11.6 Å². The van der Waals surface area contributed by atoms with E-state index in [9.17, 15) is 8.42 Å². The Labute approximate surface area is 169 Å². The van der Waals surface area contributed by atoms with Crippen LogP contribution >= 0.6 is 0 Å². The molecule has 0 radical (unpaired) electrons. The Hall–Kier alpha value is -3.29. The minimum Gasteiger partial charge on any atom is -0.251 e. The maximum absolute atomic E-state index is 13.4. The average molecular weight is 404 g/mol. The van der Waals surface area contributed by atoms with Gasteiger partial charge in [0.15, 0.2) is 0 Å². The highest BCUT2D eigenvalue weighted by molar-refractivity contribution is 7.89. The third-order valence-corrected chi connectivity index (χ3v) is 6.13. The minimum absolute atomic E-state index is 0.241. The third-order valence-electron chi connectivity index (χ3n) is 4.60. The summed E-state index contributed by atoms with van der Waals surface area (Å²) < 4.78 is 31.2. The molecule has 4 rings (SSSR count). The van der Waals surface area contributed by atoms with Crippen LogP contribution in [0.5, 0.6) is 0 Å². The van der Waals surface area contributed by atoms with Crippen molar-refractivity contribution in [3.05, 3.63) is 103 Å². The number of hydrogen-bond acceptors (Lipinski definition) is 4. The van der Waals surface area contributed by atoms with Crippen LogP contribution in [0.3, 0.4) is 0 Å². The van der Waals surface area contributed by atoms with Gasteiger partial charge < -0.3 is 0 Å². The SMILES string of the molecule is O=S(=O)(NC(Cn1cncn1)c1ccccc1)c1ccccc1-c1ccccc1. The molecule has 0 fully saturated rings. The summed E-state index contributed by atoms with van der Waals surface area (Å²) in [4.78, 5) is 4.19. The lowest BCUT2D eigenvalue weighted by Gasteiger charge is -2.20. The van der Waals surface area contributed by atoms with Crippen molar-refractivity contribution >= 4 is 10.0 Å². The van der Waals surface area contributed by atoms with Crippen molar-refractivity contribution in [1.82, 2.24) is 19.5 Å². The van der Waals surface area contributed by atoms with E-state index in [1.807, 2.05) is 72.8 Å². The van der Waals surface area contributed by atoms with Crippen molar-refractivity contribution in [3.63, 3.8) is 0 Å². The largest absolute Gasteiger partial charge is 0.251 e. The Morgan fingerprint density at radius 3 is 2.21 bits per heavy atom. The predicted molar refractivity (Wildman–Crippen MR) is 111 cm³/mol. The van der Waals surface area contributed by atoms with Gasteiger partial charge in [0.2, 0.25) is 10.0 Å². The molecule has 0 aliphatic heterocycles. The van der Waals surface area contributed by atoms with E-state index in [-0.39, 0.29) is 4.90 Å². The zero-order valence-electron chi connectivity index (χ0n) is 15.6. The first-order chi connectivity index (χ1) is 14.1. The van der Waals surface area contributed by atoms with E-state index in [0.717, 1.165) is 11.1 Å². The summed E-state index contributed by atoms with van der Waals surface area (Å²) in [6.45, 7) is 0.330. The van der Waals surface area contributed by atoms with Crippen molar-refractivity contribution in [2.24, 2.45) is 0 Å². The Morgan fingerprint density at radius 2 is 1.52 bits per heavy atom. The van der Waals surface area contributed by atoms with Crippen molar-refractivity contribution in [1.29, 1.82) is 0 Å². The van der Waals surface area contributed by atoms with Gasteiger partial charge in [-0.3, -0.25) is 4.68 Å². The van der Waals surface area contributed by atoms with Gasteiger partial charge in [0.1, 0.15) is 12.7 Å². The van der Waals surface area contributed by atoms with Crippen LogP contribution in [0.25, 0.3) is 11.1 Å². The maximum atomic E-state index is 13.4. The molecule has 0 saturated carbocycles. The molecule has 1 aromatic heterocycles. The van der Waals surface area contributed by atoms with E-state index in [4.69, 9.17) is 0 Å². The van der Waals surface area contributed by atoms with Crippen LogP contribution in [0.2, 0.25) is 0 Å². The summed E-state index contributed by atoms with van der Waals surface area (Å²) in [5.41, 5.74) is 2.36. The van der Waals surface area contributed by atoms with Crippen LogP contribution in [0.4, 0.5) is 0 Å². The lowest BCUT2D eigenvalue weighted by atomic mass is 10.1. The molecule has 29 heavy (non-hydrogen) atoms. The fourth-order valence-electron chi connectivity index (χ4n) is 3.22. The Bertz CT molecular complexity index is 1160. The molecular weight excluding hydrogens is 384 g/mol. The Balaban J connectivity index is 1.71. The summed E-state index contributed by atoms with van der Waals surface area (Å²) >= 11 is 0. The van der Waals surface area contributed by atoms with Gasteiger partial charge in [-0.25, -0.2) is 18.1 Å². The number of benzene rings is 3. The van der Waals surface area contributed by atoms with Gasteiger partial charge in [-0.1, -0.05) is 78.9 Å². The molecule has 0 spiro atoms. The van der Waals surface area contributed by atoms with Crippen molar-refractivity contribution in [2.75, 3.05) is 0 Å². The van der Waals surface area contributed by atoms with Gasteiger partial charge >= 0.3 is 0 Å². The van der Waals surface area contributed by atoms with Gasteiger partial charge in [-0.2, -0.15) is 5.10 Å². The number of hydrogen-bond donors (Lipinski definition) is 1. The second kappa shape index (κ2) is 8.38. The Kier molecular flexibility index (Phi) is 5.50. The predicted octanol–water partition coefficient (Wildman–Crippen LogP) is 3.66. The molecule has 7 heteroatoms. The molecule has 1 unspecified atom stereocenters. The van der Waals surface area contributed by atoms with E-state index in [0.29, 0.717) is 12.1 Å². The van der Waals surface area contributed by atoms with Crippen LogP contribution < -0.4 is 4.72 Å². The second-order valence-corrected chi connectivity index (χ2v) is 8.25. The average Bonchev–Trinajstić information content (AvgIpc) is 3.28. The van der Waals surface area contributed by atoms with E-state index in [1.54, 1.807) is 23.1 Å². The molecule has 0 bridgehead atoms. The summed E-state index contributed by atoms with van der Waals surface area (Å²) in [7, 11) is -3.80. The fourth-order valence-corrected chi connectivity index (χ4v) is 4.66. The molecule has 0 aliphatic rings. The molecule has 3 aromatic carbocycles. The zero-order chi connectivity index (χ0) is 20.1. The second-order valence-electron chi connectivity index (χ2n) is 6.56. The van der Waals surface area contributed by atoms with Crippen LogP contribution in [0.15, 0.2) is 102 Å². The van der Waals surface area contributed by atoms with Crippen molar-refractivity contribution in [2.45, 2.75) is 17.5 Å². The fraction of sp³-hybridized carbons (Fsp3) is 0.0909. The third kappa shape index (κ3) is 4.42. The van der Waals surface area contributed by atoms with E-state index < -0.39 is 16.1 Å². The number of nitrogens with zero attached hydrogens (tertiary/aromatic N) is 3. The van der Waals surface area contributed by atoms with Gasteiger partial charge in [0, 0.05) is 5.56 Å². The number of nitrogens with one attached hydrogen (secondary N) is 1. The number of rotatable bonds is 7. The van der Waals surface area contributed by atoms with Gasteiger partial charge in [-0.05, 0) is 17.2 Å². The van der Waals surface area contributed by atoms with Crippen LogP contribution in [0, 0.1) is 0 Å². The van der Waals surface area contributed by atoms with E-state index >= 15 is 0 Å². The molecule has 0 amide bonds. The number of aromatic nitrogens is 3. The summed E-state index contributed by atoms with van der Waals surface area (Å²) in [6.07, 6.45) is 3.00. The summed E-state index contributed by atoms with van der Waals surface area (Å²) in [5.74, 6) is 0. The molecule has 1 atom stereocenters. The quantitative estimate of drug-likeness (QED) is 0.510. The normalized spacial score (nSPS) is 12.6. The van der Waals surface area contributed by atoms with E-state index in [1.165, 1.54) is 6.33 Å². The van der Waals surface area contributed by atoms with Crippen molar-refractivity contribution in [3.8, 4) is 11.1 Å². The highest BCUT2D eigenvalue weighted by atomic mass is 32.2. The molecule has 4 aromatic rings. The van der Waals surface area contributed by atoms with E-state index in [2.05, 4.69) is 14.8 Å². The highest BCUT2D eigenvalue weighted by Crippen LogP contribution is 2.28. The molecule has 1 heterocycles. The minimum atomic E-state index is -3.80. The molecule has 146 valence electrons. The first-order valence-electron chi connectivity index (χ1n) is 9.17. The summed E-state index contributed by atoms with van der Waals surface area (Å²) in [6, 6.07) is 25.5. The van der Waals surface area contributed by atoms with Gasteiger partial charge in [0.05, 0.1) is 17.5 Å². The van der Waals surface area contributed by atoms with Crippen LogP contribution in [-0.4, -0.2) is 23.2 Å². The number of sulfonamides is 1. The molecule has 0 aliphatic carbocycles. The van der Waals surface area contributed by atoms with Gasteiger partial charge in [-0.15, -0.1) is 0 Å². The molecule has 0 saturated heterocycles. The molecule has 1 N–H and O–H groups in total. The maximum Gasteiger partial charge on any atom is 0.241 e. The monoisotopic (exact) mass is 404 g/mol. The highest BCUT2D eigenvalue weighted by Gasteiger charge is 2.24. The topological polar surface area (TPSA) is 76.9 Å². The summed E-state index contributed by atoms with van der Waals surface area (Å²) in [5, 5.41) is 4.12. The lowest BCUT2D eigenvalue weighted by molar-refractivity contribution is 0.482. The molecule has 6 nitrogen and oxygen atoms in total. The van der Waals surface area contributed by atoms with Crippen LogP contribution in [-0.2, 0) is 16.6 Å². The Morgan fingerprint density at radius 1 is 0.862 bits per heavy atom. The zero-order valence-corrected chi connectivity index (χ0v) is 16.4. The first-order valence-corrected chi connectivity index (χ1v) is 10.7. The standard InChI is InChI=1S/C22H20N4O2S/c27-29(28,22-14-8-7-13-20(22)18-9-3-1-4-10-18)25-21(15-26-17-23-16-24-26)19-11-5-2-6-12-19/h1-14,16-17,21,25H,15H2. The van der Waals surface area contributed by atoms with Gasteiger partial charge in [0.25, 0.3) is 0 Å². The lowest BCUT2D eigenvalue weighted by Crippen LogP contribution is -2.32. The first kappa shape index (κ1) is 19.0. The van der Waals surface area contributed by atoms with Crippen molar-refractivity contribution < 1.29 is 8.42 Å².